The van der Waals surface area contributed by atoms with Crippen molar-refractivity contribution in [2.45, 2.75) is 19.4 Å². The first-order valence-electron chi connectivity index (χ1n) is 6.30. The molecule has 2 N–H and O–H groups in total. The number of hydrogen-bond acceptors (Lipinski definition) is 3. The van der Waals surface area contributed by atoms with Crippen LogP contribution in [0.5, 0.6) is 0 Å². The summed E-state index contributed by atoms with van der Waals surface area (Å²) in [6, 6.07) is 7.98. The highest BCUT2D eigenvalue weighted by Crippen LogP contribution is 2.20. The van der Waals surface area contributed by atoms with Crippen LogP contribution >= 0.6 is 0 Å². The summed E-state index contributed by atoms with van der Waals surface area (Å²) in [5.74, 6) is -0.202. The van der Waals surface area contributed by atoms with Gasteiger partial charge in [-0.1, -0.05) is 24.3 Å². The molecule has 1 unspecified atom stereocenters. The predicted molar refractivity (Wildman–Crippen MR) is 68.3 cm³/mol. The van der Waals surface area contributed by atoms with Crippen molar-refractivity contribution in [3.8, 4) is 0 Å². The van der Waals surface area contributed by atoms with Gasteiger partial charge in [-0.2, -0.15) is 0 Å². The molecule has 1 heterocycles. The lowest BCUT2D eigenvalue weighted by atomic mass is 9.98. The molecule has 0 bridgehead atoms. The first kappa shape index (κ1) is 13.1. The van der Waals surface area contributed by atoms with Gasteiger partial charge in [0.15, 0.2) is 0 Å². The second-order valence-corrected chi connectivity index (χ2v) is 4.96. The van der Waals surface area contributed by atoms with E-state index in [4.69, 9.17) is 10.2 Å². The van der Waals surface area contributed by atoms with Crippen LogP contribution < -0.4 is 0 Å². The summed E-state index contributed by atoms with van der Waals surface area (Å²) in [6.07, 6.45) is 2.05. The molecule has 1 fully saturated rings. The zero-order chi connectivity index (χ0) is 13.0. The standard InChI is InChI=1S/C14H19NO3/c16-10-12-3-1-11(2-4-12)7-13-5-6-15(8-13)9-14(17)18/h1-4,13,16H,5-10H2,(H,17,18). The highest BCUT2D eigenvalue weighted by Gasteiger charge is 2.23. The number of nitrogens with zero attached hydrogens (tertiary/aromatic N) is 1. The highest BCUT2D eigenvalue weighted by molar-refractivity contribution is 5.69. The minimum absolute atomic E-state index is 0.0795. The van der Waals surface area contributed by atoms with Crippen LogP contribution in [-0.2, 0) is 17.8 Å². The van der Waals surface area contributed by atoms with Gasteiger partial charge >= 0.3 is 5.97 Å². The topological polar surface area (TPSA) is 60.8 Å². The number of hydrogen-bond donors (Lipinski definition) is 2. The maximum absolute atomic E-state index is 10.6. The molecule has 4 nitrogen and oxygen atoms in total. The minimum Gasteiger partial charge on any atom is -0.480 e. The number of aliphatic hydroxyl groups excluding tert-OH is 1. The van der Waals surface area contributed by atoms with Crippen LogP contribution in [-0.4, -0.2) is 40.7 Å². The molecule has 0 spiro atoms. The first-order valence-corrected chi connectivity index (χ1v) is 6.30. The number of aliphatic hydroxyl groups is 1. The Labute approximate surface area is 107 Å². The summed E-state index contributed by atoms with van der Waals surface area (Å²) < 4.78 is 0. The fourth-order valence-electron chi connectivity index (χ4n) is 2.53. The van der Waals surface area contributed by atoms with E-state index in [1.165, 1.54) is 5.56 Å². The second-order valence-electron chi connectivity index (χ2n) is 4.96. The van der Waals surface area contributed by atoms with Crippen molar-refractivity contribution in [2.24, 2.45) is 5.92 Å². The number of rotatable bonds is 5. The van der Waals surface area contributed by atoms with Gasteiger partial charge in [-0.3, -0.25) is 9.69 Å². The third kappa shape index (κ3) is 3.55. The number of benzene rings is 1. The summed E-state index contributed by atoms with van der Waals surface area (Å²) in [6.45, 7) is 1.98. The molecular weight excluding hydrogens is 230 g/mol. The van der Waals surface area contributed by atoms with Crippen molar-refractivity contribution in [2.75, 3.05) is 19.6 Å². The van der Waals surface area contributed by atoms with E-state index >= 15 is 0 Å². The van der Waals surface area contributed by atoms with Crippen molar-refractivity contribution in [3.63, 3.8) is 0 Å². The van der Waals surface area contributed by atoms with E-state index in [1.807, 2.05) is 29.2 Å². The largest absolute Gasteiger partial charge is 0.480 e. The molecule has 0 radical (unpaired) electrons. The Balaban J connectivity index is 1.85. The number of likely N-dealkylation sites (tertiary alicyclic amines) is 1. The molecule has 4 heteroatoms. The summed E-state index contributed by atoms with van der Waals surface area (Å²) in [4.78, 5) is 12.6. The monoisotopic (exact) mass is 249 g/mol. The number of aliphatic carboxylic acids is 1. The van der Waals surface area contributed by atoms with E-state index in [1.54, 1.807) is 0 Å². The molecule has 0 amide bonds. The van der Waals surface area contributed by atoms with Gasteiger partial charge in [0.05, 0.1) is 13.2 Å². The minimum atomic E-state index is -0.747. The van der Waals surface area contributed by atoms with E-state index in [-0.39, 0.29) is 13.2 Å². The Morgan fingerprint density at radius 1 is 1.28 bits per heavy atom. The van der Waals surface area contributed by atoms with Crippen LogP contribution in [0.4, 0.5) is 0 Å². The molecular formula is C14H19NO3. The maximum atomic E-state index is 10.6. The van der Waals surface area contributed by atoms with Gasteiger partial charge in [0.1, 0.15) is 0 Å². The zero-order valence-electron chi connectivity index (χ0n) is 10.4. The van der Waals surface area contributed by atoms with Gasteiger partial charge in [-0.05, 0) is 36.4 Å². The lowest BCUT2D eigenvalue weighted by molar-refractivity contribution is -0.138. The van der Waals surface area contributed by atoms with Gasteiger partial charge in [0.25, 0.3) is 0 Å². The van der Waals surface area contributed by atoms with Crippen molar-refractivity contribution in [3.05, 3.63) is 35.4 Å². The Kier molecular flexibility index (Phi) is 4.33. The second kappa shape index (κ2) is 5.98. The molecule has 0 aromatic heterocycles. The molecule has 1 aromatic rings. The average Bonchev–Trinajstić information content (AvgIpc) is 2.76. The van der Waals surface area contributed by atoms with E-state index in [2.05, 4.69) is 0 Å². The molecule has 18 heavy (non-hydrogen) atoms. The third-order valence-electron chi connectivity index (χ3n) is 3.46. The van der Waals surface area contributed by atoms with E-state index < -0.39 is 5.97 Å². The van der Waals surface area contributed by atoms with Crippen LogP contribution in [0.25, 0.3) is 0 Å². The summed E-state index contributed by atoms with van der Waals surface area (Å²) in [7, 11) is 0. The van der Waals surface area contributed by atoms with Crippen molar-refractivity contribution in [1.29, 1.82) is 0 Å². The zero-order valence-corrected chi connectivity index (χ0v) is 10.4. The molecule has 1 aliphatic rings. The number of carboxylic acids is 1. The van der Waals surface area contributed by atoms with Crippen molar-refractivity contribution < 1.29 is 15.0 Å². The SMILES string of the molecule is O=C(O)CN1CCC(Cc2ccc(CO)cc2)C1. The normalized spacial score (nSPS) is 20.2. The molecule has 2 rings (SSSR count). The fraction of sp³-hybridized carbons (Fsp3) is 0.500. The summed E-state index contributed by atoms with van der Waals surface area (Å²) in [5, 5.41) is 17.7. The quantitative estimate of drug-likeness (QED) is 0.821. The Hall–Kier alpha value is -1.39. The molecule has 1 aliphatic heterocycles. The molecule has 1 aromatic carbocycles. The van der Waals surface area contributed by atoms with E-state index in [0.717, 1.165) is 31.5 Å². The Morgan fingerprint density at radius 2 is 1.94 bits per heavy atom. The lowest BCUT2D eigenvalue weighted by Crippen LogP contribution is -2.27. The van der Waals surface area contributed by atoms with Crippen LogP contribution in [0.3, 0.4) is 0 Å². The fourth-order valence-corrected chi connectivity index (χ4v) is 2.53. The van der Waals surface area contributed by atoms with Gasteiger partial charge in [-0.15, -0.1) is 0 Å². The predicted octanol–water partition coefficient (Wildman–Crippen LogP) is 1.13. The lowest BCUT2D eigenvalue weighted by Gasteiger charge is -2.13. The summed E-state index contributed by atoms with van der Waals surface area (Å²) >= 11 is 0. The molecule has 98 valence electrons. The van der Waals surface area contributed by atoms with Gasteiger partial charge < -0.3 is 10.2 Å². The maximum Gasteiger partial charge on any atom is 0.317 e. The van der Waals surface area contributed by atoms with Gasteiger partial charge in [0.2, 0.25) is 0 Å². The van der Waals surface area contributed by atoms with Crippen LogP contribution in [0.1, 0.15) is 17.5 Å². The number of carbonyl (C=O) groups is 1. The van der Waals surface area contributed by atoms with E-state index in [9.17, 15) is 4.79 Å². The molecule has 1 atom stereocenters. The van der Waals surface area contributed by atoms with Gasteiger partial charge in [-0.25, -0.2) is 0 Å². The molecule has 0 saturated carbocycles. The van der Waals surface area contributed by atoms with Crippen molar-refractivity contribution in [1.82, 2.24) is 4.90 Å². The Bertz CT molecular complexity index is 402. The van der Waals surface area contributed by atoms with Crippen molar-refractivity contribution >= 4 is 5.97 Å². The Morgan fingerprint density at radius 3 is 2.56 bits per heavy atom. The first-order chi connectivity index (χ1) is 8.67. The third-order valence-corrected chi connectivity index (χ3v) is 3.46. The van der Waals surface area contributed by atoms with Crippen LogP contribution in [0.15, 0.2) is 24.3 Å². The van der Waals surface area contributed by atoms with Crippen LogP contribution in [0, 0.1) is 5.92 Å². The summed E-state index contributed by atoms with van der Waals surface area (Å²) in [5.41, 5.74) is 2.19. The van der Waals surface area contributed by atoms with Gasteiger partial charge in [0, 0.05) is 6.54 Å². The van der Waals surface area contributed by atoms with Crippen LogP contribution in [0.2, 0.25) is 0 Å². The average molecular weight is 249 g/mol. The smallest absolute Gasteiger partial charge is 0.317 e. The molecule has 0 aliphatic carbocycles. The van der Waals surface area contributed by atoms with E-state index in [0.29, 0.717) is 5.92 Å². The molecule has 1 saturated heterocycles. The highest BCUT2D eigenvalue weighted by atomic mass is 16.4. The number of carboxylic acid groups (broad SMARTS) is 1.